The molecule has 0 unspecified atom stereocenters. The van der Waals surface area contributed by atoms with E-state index in [4.69, 9.17) is 0 Å². The molecule has 4 fully saturated rings. The van der Waals surface area contributed by atoms with Gasteiger partial charge < -0.3 is 40.0 Å². The highest BCUT2D eigenvalue weighted by Gasteiger charge is 2.47. The van der Waals surface area contributed by atoms with E-state index in [1.54, 1.807) is 109 Å². The zero-order valence-electron chi connectivity index (χ0n) is 78.9. The summed E-state index contributed by atoms with van der Waals surface area (Å²) in [5, 5.41) is 57.2. The number of benzene rings is 4. The van der Waals surface area contributed by atoms with E-state index in [9.17, 15) is 58.8 Å². The number of pyridine rings is 1. The van der Waals surface area contributed by atoms with Gasteiger partial charge in [0, 0.05) is 121 Å². The van der Waals surface area contributed by atoms with Crippen molar-refractivity contribution in [2.45, 2.75) is 232 Å². The van der Waals surface area contributed by atoms with Gasteiger partial charge in [0.1, 0.15) is 5.92 Å². The lowest BCUT2D eigenvalue weighted by Gasteiger charge is -2.30. The van der Waals surface area contributed by atoms with Gasteiger partial charge in [0.15, 0.2) is 29.0 Å². The molecule has 4 N–H and O–H groups in total. The molecule has 0 spiro atoms. The van der Waals surface area contributed by atoms with Crippen LogP contribution in [0.4, 0.5) is 0 Å². The molecule has 12 aromatic rings. The standard InChI is InChI=1S/C27H31N3O3S.2C26H30N4O3S.C25H29N5O3S/c1-17(2)25(21-5-4-12-28-14-21)27(33)30-15-22(31)13-23(30)24(32)11-8-19-6-9-20(10-7-19)26-18(3)29-16-34-26;1-16(2)24(21-13-27-10-11-28-21)26(33)30-14-20(31)12-22(30)23(32)9-6-18-4-7-19(8-5-18)25-17(3)29-15-34-25;1-16(2)24(21-5-4-12-28-29-21)26(33)30-14-20(31)13-22(30)23(32)11-8-18-6-9-19(10-7-18)25-17(3)27-15-34-25;1-15(2)22(24-26-10-11-28-29-24)25(33)30-13-19(31)12-20(30)21(32)9-6-17-4-7-18(8-5-17)23-16(3)27-14-34-23/h4-7,9-10,12,14,16-17,22-23,25,31H,8,11,13,15H2,1-3H3;4-5,7-8,10-11,13,15-16,20,22,24,31H,6,9,12,14H2,1-3H3;4-7,9-10,12,15-16,20,22,24,31H,8,11,13-14H2,1-3H3;4-5,7-8,10-11,14-15,19-20,22,31H,6,9,12-13H2,1-3H3/t22-,23+,25-;2*20-,22+,24-;19-,20+,22-/m1111/s1. The number of hydrogen-bond acceptors (Lipinski definition) is 28. The normalized spacial score (nSPS) is 18.9. The lowest BCUT2D eigenvalue weighted by molar-refractivity contribution is -0.140. The smallest absolute Gasteiger partial charge is 0.234 e. The van der Waals surface area contributed by atoms with Crippen LogP contribution >= 0.6 is 45.3 Å². The number of carbonyl (C=O) groups excluding carboxylic acids is 8. The Kier molecular flexibility index (Phi) is 35.6. The summed E-state index contributed by atoms with van der Waals surface area (Å²) in [6.07, 6.45) is 14.6. The van der Waals surface area contributed by atoms with Crippen LogP contribution in [-0.2, 0) is 64.0 Å². The third-order valence-corrected chi connectivity index (χ3v) is 29.5. The first-order valence-electron chi connectivity index (χ1n) is 46.5. The average molecular weight is 1910 g/mol. The van der Waals surface area contributed by atoms with Crippen molar-refractivity contribution in [3.05, 3.63) is 261 Å². The van der Waals surface area contributed by atoms with Crippen molar-refractivity contribution in [2.75, 3.05) is 26.2 Å². The minimum absolute atomic E-state index is 0.000899. The van der Waals surface area contributed by atoms with Gasteiger partial charge in [0.05, 0.1) is 148 Å². The lowest BCUT2D eigenvalue weighted by Crippen LogP contribution is -2.44. The molecule has 0 saturated carbocycles. The van der Waals surface area contributed by atoms with Gasteiger partial charge in [0.25, 0.3) is 0 Å². The number of rotatable bonds is 32. The average Bonchev–Trinajstić information content (AvgIpc) is 1.63. The second kappa shape index (κ2) is 47.7. The number of thiazole rings is 4. The van der Waals surface area contributed by atoms with Crippen molar-refractivity contribution in [3.63, 3.8) is 0 Å². The van der Waals surface area contributed by atoms with Crippen molar-refractivity contribution < 1.29 is 58.8 Å². The summed E-state index contributed by atoms with van der Waals surface area (Å²) in [5.74, 6) is -2.50. The van der Waals surface area contributed by atoms with Crippen molar-refractivity contribution in [2.24, 2.45) is 23.7 Å². The van der Waals surface area contributed by atoms with Crippen LogP contribution in [0.15, 0.2) is 193 Å². The number of aromatic nitrogens is 12. The van der Waals surface area contributed by atoms with E-state index in [-0.39, 0.29) is 116 Å². The molecular weight excluding hydrogens is 1790 g/mol. The van der Waals surface area contributed by atoms with Gasteiger partial charge in [-0.15, -0.1) is 50.4 Å². The minimum atomic E-state index is -0.720. The summed E-state index contributed by atoms with van der Waals surface area (Å²) in [6.45, 7) is 24.3. The van der Waals surface area contributed by atoms with Gasteiger partial charge in [-0.25, -0.2) is 24.9 Å². The number of aliphatic hydroxyl groups excluding tert-OH is 4. The molecule has 0 bridgehead atoms. The Morgan fingerprint density at radius 1 is 0.331 bits per heavy atom. The molecule has 4 saturated heterocycles. The predicted octanol–water partition coefficient (Wildman–Crippen LogP) is 15.2. The van der Waals surface area contributed by atoms with Crippen LogP contribution < -0.4 is 0 Å². The second-order valence-electron chi connectivity index (χ2n) is 36.8. The van der Waals surface area contributed by atoms with E-state index >= 15 is 0 Å². The van der Waals surface area contributed by atoms with E-state index in [1.165, 1.54) is 17.3 Å². The van der Waals surface area contributed by atoms with E-state index in [0.717, 1.165) is 92.4 Å². The Morgan fingerprint density at radius 2 is 0.640 bits per heavy atom. The summed E-state index contributed by atoms with van der Waals surface area (Å²) >= 11 is 6.46. The second-order valence-corrected chi connectivity index (χ2v) is 40.2. The summed E-state index contributed by atoms with van der Waals surface area (Å²) < 4.78 is 0. The molecule has 12 atom stereocenters. The minimum Gasteiger partial charge on any atom is -0.391 e. The SMILES string of the molecule is Cc1ncsc1-c1ccc(CCC(=O)[C@@H]2C[C@@H](O)CN2C(=O)[C@@H](c2cccnc2)C(C)C)cc1.Cc1ncsc1-c1ccc(CCC(=O)[C@@H]2C[C@@H](O)CN2C(=O)[C@@H](c2cccnn2)C(C)C)cc1.Cc1ncsc1-c1ccc(CCC(=O)[C@@H]2C[C@@H](O)CN2C(=O)[C@@H](c2cnccn2)C(C)C)cc1.Cc1ncsc1-c1ccc(CCC(=O)[C@@H]2C[C@@H](O)CN2C(=O)[C@@H](c2nccnn2)C(C)C)cc1. The zero-order valence-corrected chi connectivity index (χ0v) is 82.1. The number of β-amino-alcohol motifs (C(OH)–C–C–N with tert-alkyl or cyclic N) is 4. The highest BCUT2D eigenvalue weighted by atomic mass is 32.1. The summed E-state index contributed by atoms with van der Waals surface area (Å²) in [6, 6.07) is 37.6. The quantitative estimate of drug-likeness (QED) is 0.0304. The number of hydrogen-bond donors (Lipinski definition) is 4. The van der Waals surface area contributed by atoms with Crippen molar-refractivity contribution >= 4 is 92.1 Å². The lowest BCUT2D eigenvalue weighted by atomic mass is 9.87. The number of ketones is 4. The van der Waals surface area contributed by atoms with Crippen LogP contribution in [0.1, 0.15) is 198 Å². The Morgan fingerprint density at radius 3 is 0.919 bits per heavy atom. The number of Topliss-reactive ketones (excluding diaryl/α,β-unsaturated/α-hetero) is 4. The number of carbonyl (C=O) groups is 8. The molecule has 712 valence electrons. The summed E-state index contributed by atoms with van der Waals surface area (Å²) in [5.41, 5.74) is 22.2. The predicted molar refractivity (Wildman–Crippen MR) is 525 cm³/mol. The molecular formula is C104H120N16O12S4. The van der Waals surface area contributed by atoms with E-state index in [2.05, 4.69) is 109 Å². The van der Waals surface area contributed by atoms with Gasteiger partial charge in [-0.05, 0) is 145 Å². The Hall–Kier alpha value is -11.9. The Balaban J connectivity index is 0.000000153. The number of nitrogens with zero attached hydrogens (tertiary/aromatic N) is 16. The Labute approximate surface area is 810 Å². The topological polar surface area (TPSA) is 385 Å². The summed E-state index contributed by atoms with van der Waals surface area (Å²) in [7, 11) is 0. The maximum atomic E-state index is 13.5. The van der Waals surface area contributed by atoms with Gasteiger partial charge in [-0.2, -0.15) is 15.3 Å². The molecule has 4 amide bonds. The van der Waals surface area contributed by atoms with Crippen LogP contribution in [0.25, 0.3) is 41.8 Å². The third-order valence-electron chi connectivity index (χ3n) is 25.6. The molecule has 32 heteroatoms. The Bertz CT molecular complexity index is 5250. The first-order valence-corrected chi connectivity index (χ1v) is 50.0. The van der Waals surface area contributed by atoms with Crippen molar-refractivity contribution in [1.29, 1.82) is 0 Å². The maximum Gasteiger partial charge on any atom is 0.234 e. The number of aryl methyl sites for hydroxylation is 8. The van der Waals surface area contributed by atoms with Crippen LogP contribution in [0.5, 0.6) is 0 Å². The van der Waals surface area contributed by atoms with Gasteiger partial charge in [-0.1, -0.05) is 159 Å². The van der Waals surface area contributed by atoms with Crippen LogP contribution in [0, 0.1) is 51.4 Å². The van der Waals surface area contributed by atoms with Gasteiger partial charge >= 0.3 is 0 Å². The van der Waals surface area contributed by atoms with Gasteiger partial charge in [-0.3, -0.25) is 53.3 Å². The highest BCUT2D eigenvalue weighted by molar-refractivity contribution is 7.14. The molecule has 0 aliphatic carbocycles. The molecule has 0 radical (unpaired) electrons. The van der Waals surface area contributed by atoms with E-state index < -0.39 is 72.3 Å². The fraction of sp³-hybridized carbons (Fsp3) is 0.423. The molecule has 28 nitrogen and oxygen atoms in total. The van der Waals surface area contributed by atoms with Crippen LogP contribution in [0.3, 0.4) is 0 Å². The van der Waals surface area contributed by atoms with E-state index in [1.807, 2.05) is 166 Å². The molecule has 4 aliphatic heterocycles. The summed E-state index contributed by atoms with van der Waals surface area (Å²) in [4.78, 5) is 151. The van der Waals surface area contributed by atoms with Crippen LogP contribution in [0.2, 0.25) is 0 Å². The van der Waals surface area contributed by atoms with Gasteiger partial charge in [0.2, 0.25) is 23.6 Å². The monoisotopic (exact) mass is 1910 g/mol. The number of amides is 4. The number of aliphatic hydroxyl groups is 4. The van der Waals surface area contributed by atoms with Crippen molar-refractivity contribution in [3.8, 4) is 41.8 Å². The molecule has 136 heavy (non-hydrogen) atoms. The first kappa shape index (κ1) is 102. The molecule has 12 heterocycles. The third kappa shape index (κ3) is 25.7. The van der Waals surface area contributed by atoms with Crippen LogP contribution in [-0.4, -0.2) is 222 Å². The van der Waals surface area contributed by atoms with Crippen molar-refractivity contribution in [1.82, 2.24) is 79.9 Å². The molecule has 4 aromatic carbocycles. The molecule has 16 rings (SSSR count). The fourth-order valence-corrected chi connectivity index (χ4v) is 21.7. The largest absolute Gasteiger partial charge is 0.391 e. The first-order chi connectivity index (χ1) is 65.4. The molecule has 4 aliphatic rings. The van der Waals surface area contributed by atoms with E-state index in [0.29, 0.717) is 75.0 Å². The maximum absolute atomic E-state index is 13.5. The fourth-order valence-electron chi connectivity index (χ4n) is 18.4. The molecule has 8 aromatic heterocycles. The zero-order chi connectivity index (χ0) is 97.0. The number of likely N-dealkylation sites (tertiary alicyclic amines) is 4. The highest BCUT2D eigenvalue weighted by Crippen LogP contribution is 2.39.